The van der Waals surface area contributed by atoms with Gasteiger partial charge in [0.15, 0.2) is 11.5 Å². The normalized spacial score (nSPS) is 14.0. The first-order chi connectivity index (χ1) is 16.2. The molecule has 0 aliphatic carbocycles. The molecule has 0 unspecified atom stereocenters. The van der Waals surface area contributed by atoms with Crippen LogP contribution in [-0.4, -0.2) is 68.5 Å². The number of hydrogen-bond acceptors (Lipinski definition) is 8. The highest BCUT2D eigenvalue weighted by molar-refractivity contribution is 5.69. The molecule has 8 nitrogen and oxygen atoms in total. The third-order valence-corrected chi connectivity index (χ3v) is 5.44. The van der Waals surface area contributed by atoms with E-state index in [1.165, 1.54) is 0 Å². The summed E-state index contributed by atoms with van der Waals surface area (Å²) in [7, 11) is 3.25. The van der Waals surface area contributed by atoms with Gasteiger partial charge >= 0.3 is 0 Å². The molecule has 0 radical (unpaired) electrons. The van der Waals surface area contributed by atoms with E-state index >= 15 is 0 Å². The summed E-state index contributed by atoms with van der Waals surface area (Å²) in [5.41, 5.74) is 3.69. The molecule has 1 aliphatic rings. The first-order valence-corrected chi connectivity index (χ1v) is 11.0. The van der Waals surface area contributed by atoms with Crippen molar-refractivity contribution in [1.29, 1.82) is 0 Å². The predicted molar refractivity (Wildman–Crippen MR) is 128 cm³/mol. The molecule has 0 amide bonds. The Labute approximate surface area is 194 Å². The maximum atomic E-state index is 6.08. The predicted octanol–water partition coefficient (Wildman–Crippen LogP) is 3.92. The van der Waals surface area contributed by atoms with Gasteiger partial charge in [0.2, 0.25) is 11.7 Å². The van der Waals surface area contributed by atoms with Gasteiger partial charge in [-0.2, -0.15) is 0 Å². The standard InChI is InChI=1S/C25H30N4O4/c1-18-5-4-6-20(15-18)27-25-26-8-7-21(28-25)19-16-22(30-2)24(23(17-19)31-3)33-14-11-29-9-12-32-13-10-29/h4-8,15-17H,9-14H2,1-3H3,(H,26,27,28). The van der Waals surface area contributed by atoms with E-state index in [2.05, 4.69) is 20.2 Å². The minimum atomic E-state index is 0.516. The number of rotatable bonds is 9. The Bertz CT molecular complexity index is 1040. The minimum Gasteiger partial charge on any atom is -0.493 e. The number of nitrogens with one attached hydrogen (secondary N) is 1. The fourth-order valence-electron chi connectivity index (χ4n) is 3.70. The van der Waals surface area contributed by atoms with E-state index in [0.717, 1.165) is 55.4 Å². The zero-order valence-electron chi connectivity index (χ0n) is 19.3. The summed E-state index contributed by atoms with van der Waals surface area (Å²) in [6.45, 7) is 6.77. The fraction of sp³-hybridized carbons (Fsp3) is 0.360. The number of nitrogens with zero attached hydrogens (tertiary/aromatic N) is 3. The number of hydrogen-bond donors (Lipinski definition) is 1. The van der Waals surface area contributed by atoms with Crippen LogP contribution < -0.4 is 19.5 Å². The van der Waals surface area contributed by atoms with Crippen molar-refractivity contribution in [2.45, 2.75) is 6.92 Å². The SMILES string of the molecule is COc1cc(-c2ccnc(Nc3cccc(C)c3)n2)cc(OC)c1OCCN1CCOCC1. The summed E-state index contributed by atoms with van der Waals surface area (Å²) >= 11 is 0. The van der Waals surface area contributed by atoms with Crippen LogP contribution in [0, 0.1) is 6.92 Å². The van der Waals surface area contributed by atoms with Gasteiger partial charge in [-0.05, 0) is 42.8 Å². The summed E-state index contributed by atoms with van der Waals surface area (Å²) < 4.78 is 22.7. The zero-order valence-corrected chi connectivity index (χ0v) is 19.3. The Hall–Kier alpha value is -3.36. The quantitative estimate of drug-likeness (QED) is 0.526. The van der Waals surface area contributed by atoms with Gasteiger partial charge in [0.1, 0.15) is 6.61 Å². The number of ether oxygens (including phenoxy) is 4. The summed E-state index contributed by atoms with van der Waals surface area (Å²) in [5, 5.41) is 3.26. The second kappa shape index (κ2) is 11.0. The van der Waals surface area contributed by atoms with Crippen molar-refractivity contribution in [2.75, 3.05) is 59.0 Å². The Balaban J connectivity index is 1.53. The lowest BCUT2D eigenvalue weighted by atomic mass is 10.1. The largest absolute Gasteiger partial charge is 0.493 e. The Morgan fingerprint density at radius 1 is 1.03 bits per heavy atom. The molecule has 2 heterocycles. The van der Waals surface area contributed by atoms with Gasteiger partial charge in [-0.25, -0.2) is 9.97 Å². The molecule has 0 spiro atoms. The Morgan fingerprint density at radius 2 is 1.79 bits per heavy atom. The number of aromatic nitrogens is 2. The van der Waals surface area contributed by atoms with Crippen LogP contribution in [-0.2, 0) is 4.74 Å². The third kappa shape index (κ3) is 5.91. The summed E-state index contributed by atoms with van der Waals surface area (Å²) in [5.74, 6) is 2.29. The molecule has 1 N–H and O–H groups in total. The van der Waals surface area contributed by atoms with E-state index in [1.807, 2.05) is 49.4 Å². The van der Waals surface area contributed by atoms with Gasteiger partial charge in [0.05, 0.1) is 33.1 Å². The molecule has 0 bridgehead atoms. The average Bonchev–Trinajstić information content (AvgIpc) is 2.84. The topological polar surface area (TPSA) is 78.0 Å². The van der Waals surface area contributed by atoms with Crippen molar-refractivity contribution in [3.05, 3.63) is 54.2 Å². The van der Waals surface area contributed by atoms with E-state index in [0.29, 0.717) is 29.8 Å². The lowest BCUT2D eigenvalue weighted by Crippen LogP contribution is -2.38. The molecule has 33 heavy (non-hydrogen) atoms. The molecular weight excluding hydrogens is 420 g/mol. The highest BCUT2D eigenvalue weighted by Crippen LogP contribution is 2.41. The van der Waals surface area contributed by atoms with Crippen molar-refractivity contribution >= 4 is 11.6 Å². The second-order valence-corrected chi connectivity index (χ2v) is 7.77. The highest BCUT2D eigenvalue weighted by Gasteiger charge is 2.17. The van der Waals surface area contributed by atoms with Crippen molar-refractivity contribution in [2.24, 2.45) is 0 Å². The van der Waals surface area contributed by atoms with E-state index in [9.17, 15) is 0 Å². The van der Waals surface area contributed by atoms with Crippen molar-refractivity contribution in [1.82, 2.24) is 14.9 Å². The molecule has 0 saturated carbocycles. The molecule has 2 aromatic carbocycles. The fourth-order valence-corrected chi connectivity index (χ4v) is 3.70. The van der Waals surface area contributed by atoms with Crippen LogP contribution in [0.2, 0.25) is 0 Å². The van der Waals surface area contributed by atoms with Gasteiger partial charge in [-0.15, -0.1) is 0 Å². The van der Waals surface area contributed by atoms with Gasteiger partial charge in [-0.1, -0.05) is 12.1 Å². The van der Waals surface area contributed by atoms with E-state index in [4.69, 9.17) is 18.9 Å². The van der Waals surface area contributed by atoms with Crippen molar-refractivity contribution < 1.29 is 18.9 Å². The van der Waals surface area contributed by atoms with Crippen LogP contribution in [0.25, 0.3) is 11.3 Å². The van der Waals surface area contributed by atoms with Gasteiger partial charge in [0.25, 0.3) is 0 Å². The first kappa shape index (κ1) is 22.8. The Morgan fingerprint density at radius 3 is 2.48 bits per heavy atom. The molecule has 3 aromatic rings. The molecule has 1 fully saturated rings. The summed E-state index contributed by atoms with van der Waals surface area (Å²) in [6.07, 6.45) is 1.73. The van der Waals surface area contributed by atoms with Crippen LogP contribution in [0.4, 0.5) is 11.6 Å². The van der Waals surface area contributed by atoms with E-state index in [1.54, 1.807) is 20.4 Å². The van der Waals surface area contributed by atoms with Gasteiger partial charge < -0.3 is 24.3 Å². The molecular formula is C25H30N4O4. The summed E-state index contributed by atoms with van der Waals surface area (Å²) in [6, 6.07) is 13.7. The first-order valence-electron chi connectivity index (χ1n) is 11.0. The van der Waals surface area contributed by atoms with Crippen LogP contribution in [0.1, 0.15) is 5.56 Å². The minimum absolute atomic E-state index is 0.516. The van der Waals surface area contributed by atoms with Crippen LogP contribution in [0.3, 0.4) is 0 Å². The molecule has 4 rings (SSSR count). The van der Waals surface area contributed by atoms with E-state index < -0.39 is 0 Å². The second-order valence-electron chi connectivity index (χ2n) is 7.77. The number of aryl methyl sites for hydroxylation is 1. The molecule has 0 atom stereocenters. The lowest BCUT2D eigenvalue weighted by molar-refractivity contribution is 0.0319. The molecule has 174 valence electrons. The summed E-state index contributed by atoms with van der Waals surface area (Å²) in [4.78, 5) is 11.4. The maximum Gasteiger partial charge on any atom is 0.227 e. The molecule has 1 aromatic heterocycles. The number of morpholine rings is 1. The van der Waals surface area contributed by atoms with Crippen molar-refractivity contribution in [3.8, 4) is 28.5 Å². The lowest BCUT2D eigenvalue weighted by Gasteiger charge is -2.26. The van der Waals surface area contributed by atoms with E-state index in [-0.39, 0.29) is 0 Å². The highest BCUT2D eigenvalue weighted by atomic mass is 16.5. The van der Waals surface area contributed by atoms with Crippen LogP contribution in [0.15, 0.2) is 48.7 Å². The van der Waals surface area contributed by atoms with Crippen molar-refractivity contribution in [3.63, 3.8) is 0 Å². The van der Waals surface area contributed by atoms with Gasteiger partial charge in [0, 0.05) is 37.1 Å². The average molecular weight is 451 g/mol. The zero-order chi connectivity index (χ0) is 23.0. The maximum absolute atomic E-state index is 6.08. The molecule has 8 heteroatoms. The number of methoxy groups -OCH3 is 2. The Kier molecular flexibility index (Phi) is 7.59. The van der Waals surface area contributed by atoms with Gasteiger partial charge in [-0.3, -0.25) is 4.90 Å². The smallest absolute Gasteiger partial charge is 0.227 e. The monoisotopic (exact) mass is 450 g/mol. The number of benzene rings is 2. The number of anilines is 2. The van der Waals surface area contributed by atoms with Crippen LogP contribution >= 0.6 is 0 Å². The third-order valence-electron chi connectivity index (χ3n) is 5.44. The van der Waals surface area contributed by atoms with Crippen LogP contribution in [0.5, 0.6) is 17.2 Å². The molecule has 1 aliphatic heterocycles. The molecule has 1 saturated heterocycles.